The molecule has 0 radical (unpaired) electrons. The Kier molecular flexibility index (Phi) is 3.74. The van der Waals surface area contributed by atoms with Crippen molar-refractivity contribution in [3.63, 3.8) is 0 Å². The number of nitrogens with zero attached hydrogens (tertiary/aromatic N) is 1. The molecule has 0 amide bonds. The highest BCUT2D eigenvalue weighted by Crippen LogP contribution is 2.33. The van der Waals surface area contributed by atoms with Gasteiger partial charge in [0.1, 0.15) is 0 Å². The average molecular weight is 308 g/mol. The number of piperidine rings is 1. The van der Waals surface area contributed by atoms with E-state index in [1.165, 1.54) is 5.56 Å². The fourth-order valence-corrected chi connectivity index (χ4v) is 5.02. The van der Waals surface area contributed by atoms with Crippen molar-refractivity contribution in [3.05, 3.63) is 23.8 Å². The number of anilines is 1. The summed E-state index contributed by atoms with van der Waals surface area (Å²) in [6, 6.07) is 5.54. The Morgan fingerprint density at radius 1 is 1.24 bits per heavy atom. The molecule has 3 rings (SSSR count). The third-order valence-corrected chi connectivity index (χ3v) is 6.36. The first kappa shape index (κ1) is 14.9. The van der Waals surface area contributed by atoms with E-state index in [2.05, 4.69) is 19.2 Å². The van der Waals surface area contributed by atoms with Gasteiger partial charge in [-0.3, -0.25) is 0 Å². The summed E-state index contributed by atoms with van der Waals surface area (Å²) in [5, 5.41) is 3.31. The molecule has 0 aliphatic carbocycles. The fourth-order valence-electron chi connectivity index (χ4n) is 3.32. The first-order valence-corrected chi connectivity index (χ1v) is 9.19. The maximum atomic E-state index is 12.9. The molecule has 4 nitrogen and oxygen atoms in total. The molecule has 2 heterocycles. The quantitative estimate of drug-likeness (QED) is 0.914. The number of fused-ring (bicyclic) bond motifs is 1. The van der Waals surface area contributed by atoms with Gasteiger partial charge in [-0.25, -0.2) is 8.42 Å². The van der Waals surface area contributed by atoms with Crippen LogP contribution in [0.1, 0.15) is 38.7 Å². The average Bonchev–Trinajstić information content (AvgIpc) is 2.45. The Labute approximate surface area is 127 Å². The molecule has 0 unspecified atom stereocenters. The van der Waals surface area contributed by atoms with E-state index in [9.17, 15) is 8.42 Å². The van der Waals surface area contributed by atoms with E-state index in [0.717, 1.165) is 37.9 Å². The highest BCUT2D eigenvalue weighted by molar-refractivity contribution is 7.89. The third-order valence-electron chi connectivity index (χ3n) is 4.52. The predicted octanol–water partition coefficient (Wildman–Crippen LogP) is 2.86. The Bertz CT molecular complexity index is 638. The molecule has 21 heavy (non-hydrogen) atoms. The highest BCUT2D eigenvalue weighted by atomic mass is 32.2. The molecule has 1 aromatic carbocycles. The van der Waals surface area contributed by atoms with Crippen molar-refractivity contribution in [1.29, 1.82) is 0 Å². The first-order valence-electron chi connectivity index (χ1n) is 7.75. The van der Waals surface area contributed by atoms with Gasteiger partial charge in [-0.05, 0) is 48.8 Å². The second-order valence-corrected chi connectivity index (χ2v) is 8.89. The summed E-state index contributed by atoms with van der Waals surface area (Å²) in [5.41, 5.74) is 2.27. The van der Waals surface area contributed by atoms with Gasteiger partial charge in [0.15, 0.2) is 0 Å². The molecule has 0 aromatic heterocycles. The molecule has 2 aliphatic heterocycles. The lowest BCUT2D eigenvalue weighted by Gasteiger charge is -2.37. The van der Waals surface area contributed by atoms with Crippen molar-refractivity contribution < 1.29 is 8.42 Å². The number of hydrogen-bond acceptors (Lipinski definition) is 3. The van der Waals surface area contributed by atoms with Crippen LogP contribution in [-0.4, -0.2) is 32.4 Å². The normalized spacial score (nSPS) is 22.4. The number of benzene rings is 1. The Hall–Kier alpha value is -1.07. The predicted molar refractivity (Wildman–Crippen MR) is 85.0 cm³/mol. The van der Waals surface area contributed by atoms with Gasteiger partial charge in [0.25, 0.3) is 0 Å². The summed E-state index contributed by atoms with van der Waals surface area (Å²) >= 11 is 0. The van der Waals surface area contributed by atoms with Gasteiger partial charge in [-0.2, -0.15) is 4.31 Å². The molecule has 1 aromatic rings. The van der Waals surface area contributed by atoms with Crippen LogP contribution in [0.4, 0.5) is 5.69 Å². The molecular formula is C16H24N2O2S. The van der Waals surface area contributed by atoms with Gasteiger partial charge >= 0.3 is 0 Å². The SMILES string of the molecule is CC1(C)CCCN(S(=O)(=O)c2ccc3c(c2)NCCC3)C1. The fraction of sp³-hybridized carbons (Fsp3) is 0.625. The van der Waals surface area contributed by atoms with Crippen LogP contribution in [0.15, 0.2) is 23.1 Å². The maximum absolute atomic E-state index is 12.9. The smallest absolute Gasteiger partial charge is 0.243 e. The lowest BCUT2D eigenvalue weighted by molar-refractivity contribution is 0.187. The molecule has 2 aliphatic rings. The minimum absolute atomic E-state index is 0.0672. The van der Waals surface area contributed by atoms with Gasteiger partial charge in [0.05, 0.1) is 4.90 Å². The van der Waals surface area contributed by atoms with E-state index in [1.54, 1.807) is 10.4 Å². The number of aryl methyl sites for hydroxylation is 1. The zero-order valence-corrected chi connectivity index (χ0v) is 13.7. The van der Waals surface area contributed by atoms with Crippen molar-refractivity contribution >= 4 is 15.7 Å². The molecule has 0 bridgehead atoms. The Morgan fingerprint density at radius 3 is 2.81 bits per heavy atom. The van der Waals surface area contributed by atoms with Crippen LogP contribution in [0.25, 0.3) is 0 Å². The lowest BCUT2D eigenvalue weighted by Crippen LogP contribution is -2.43. The number of sulfonamides is 1. The summed E-state index contributed by atoms with van der Waals surface area (Å²) in [6.07, 6.45) is 4.17. The van der Waals surface area contributed by atoms with Crippen molar-refractivity contribution in [3.8, 4) is 0 Å². The van der Waals surface area contributed by atoms with Crippen LogP contribution in [-0.2, 0) is 16.4 Å². The van der Waals surface area contributed by atoms with E-state index < -0.39 is 10.0 Å². The van der Waals surface area contributed by atoms with Gasteiger partial charge in [0.2, 0.25) is 10.0 Å². The van der Waals surface area contributed by atoms with Gasteiger partial charge < -0.3 is 5.32 Å². The molecule has 1 N–H and O–H groups in total. The highest BCUT2D eigenvalue weighted by Gasteiger charge is 2.34. The van der Waals surface area contributed by atoms with Crippen LogP contribution in [0.2, 0.25) is 0 Å². The van der Waals surface area contributed by atoms with E-state index in [4.69, 9.17) is 0 Å². The summed E-state index contributed by atoms with van der Waals surface area (Å²) in [6.45, 7) is 6.45. The Balaban J connectivity index is 1.91. The lowest BCUT2D eigenvalue weighted by atomic mass is 9.85. The molecule has 0 saturated carbocycles. The van der Waals surface area contributed by atoms with Crippen LogP contribution < -0.4 is 5.32 Å². The third kappa shape index (κ3) is 2.94. The van der Waals surface area contributed by atoms with E-state index in [0.29, 0.717) is 18.0 Å². The molecule has 5 heteroatoms. The van der Waals surface area contributed by atoms with Crippen LogP contribution in [0.5, 0.6) is 0 Å². The minimum atomic E-state index is -3.37. The van der Waals surface area contributed by atoms with Crippen LogP contribution in [0.3, 0.4) is 0 Å². The number of nitrogens with one attached hydrogen (secondary N) is 1. The second-order valence-electron chi connectivity index (χ2n) is 6.96. The van der Waals surface area contributed by atoms with Crippen molar-refractivity contribution in [1.82, 2.24) is 4.31 Å². The molecule has 0 atom stereocenters. The van der Waals surface area contributed by atoms with Crippen molar-refractivity contribution in [2.24, 2.45) is 5.41 Å². The van der Waals surface area contributed by atoms with Gasteiger partial charge in [-0.1, -0.05) is 19.9 Å². The van der Waals surface area contributed by atoms with Crippen LogP contribution in [0, 0.1) is 5.41 Å². The minimum Gasteiger partial charge on any atom is -0.385 e. The van der Waals surface area contributed by atoms with Crippen molar-refractivity contribution in [2.75, 3.05) is 25.0 Å². The summed E-state index contributed by atoms with van der Waals surface area (Å²) in [5.74, 6) is 0. The first-order chi connectivity index (χ1) is 9.88. The molecule has 1 fully saturated rings. The summed E-state index contributed by atoms with van der Waals surface area (Å²) < 4.78 is 27.4. The Morgan fingerprint density at radius 2 is 2.05 bits per heavy atom. The summed E-state index contributed by atoms with van der Waals surface area (Å²) in [4.78, 5) is 0.424. The number of hydrogen-bond donors (Lipinski definition) is 1. The topological polar surface area (TPSA) is 49.4 Å². The largest absolute Gasteiger partial charge is 0.385 e. The molecule has 116 valence electrons. The zero-order valence-electron chi connectivity index (χ0n) is 12.9. The van der Waals surface area contributed by atoms with E-state index in [1.807, 2.05) is 12.1 Å². The second kappa shape index (κ2) is 5.29. The molecule has 1 saturated heterocycles. The van der Waals surface area contributed by atoms with E-state index in [-0.39, 0.29) is 5.41 Å². The zero-order chi connectivity index (χ0) is 15.1. The van der Waals surface area contributed by atoms with E-state index >= 15 is 0 Å². The molecule has 0 spiro atoms. The standard InChI is InChI=1S/C16H24N2O2S/c1-16(2)8-4-10-18(12-16)21(19,20)14-7-6-13-5-3-9-17-15(13)11-14/h6-7,11,17H,3-5,8-10,12H2,1-2H3. The van der Waals surface area contributed by atoms with Gasteiger partial charge in [-0.15, -0.1) is 0 Å². The number of rotatable bonds is 2. The van der Waals surface area contributed by atoms with Crippen LogP contribution >= 0.6 is 0 Å². The maximum Gasteiger partial charge on any atom is 0.243 e. The summed E-state index contributed by atoms with van der Waals surface area (Å²) in [7, 11) is -3.37. The van der Waals surface area contributed by atoms with Gasteiger partial charge in [0, 0.05) is 25.3 Å². The monoisotopic (exact) mass is 308 g/mol. The molecular weight excluding hydrogens is 284 g/mol. The van der Waals surface area contributed by atoms with Crippen molar-refractivity contribution in [2.45, 2.75) is 44.4 Å².